The van der Waals surface area contributed by atoms with Crippen molar-refractivity contribution in [1.82, 2.24) is 0 Å². The third-order valence-corrected chi connectivity index (χ3v) is 3.03. The van der Waals surface area contributed by atoms with Crippen molar-refractivity contribution >= 4 is 17.9 Å². The van der Waals surface area contributed by atoms with Crippen molar-refractivity contribution in [2.45, 2.75) is 46.5 Å². The lowest BCUT2D eigenvalue weighted by Crippen LogP contribution is -2.30. The molecule has 0 fully saturated rings. The summed E-state index contributed by atoms with van der Waals surface area (Å²) in [6, 6.07) is 0. The Morgan fingerprint density at radius 1 is 0.900 bits per heavy atom. The van der Waals surface area contributed by atoms with E-state index in [2.05, 4.69) is 0 Å². The van der Waals surface area contributed by atoms with Crippen LogP contribution in [-0.2, 0) is 28.6 Å². The fourth-order valence-corrected chi connectivity index (χ4v) is 1.93. The zero-order valence-corrected chi connectivity index (χ0v) is 12.7. The van der Waals surface area contributed by atoms with Gasteiger partial charge < -0.3 is 14.2 Å². The first-order valence-electron chi connectivity index (χ1n) is 6.67. The third kappa shape index (κ3) is 7.76. The Morgan fingerprint density at radius 3 is 1.60 bits per heavy atom. The number of hydrogen-bond acceptors (Lipinski definition) is 6. The summed E-state index contributed by atoms with van der Waals surface area (Å²) < 4.78 is 14.5. The third-order valence-electron chi connectivity index (χ3n) is 3.03. The molecule has 116 valence electrons. The largest absolute Gasteiger partial charge is 0.469 e. The highest BCUT2D eigenvalue weighted by atomic mass is 16.5. The standard InChI is InChI=1S/C14H24O6/c1-11(15)19-9-5-7-14(3,13(17)18-4)8-6-10-20-12(2)16/h5-10H2,1-4H3. The summed E-state index contributed by atoms with van der Waals surface area (Å²) in [5.74, 6) is -0.970. The molecule has 20 heavy (non-hydrogen) atoms. The van der Waals surface area contributed by atoms with E-state index < -0.39 is 5.41 Å². The molecule has 0 saturated carbocycles. The van der Waals surface area contributed by atoms with Crippen molar-refractivity contribution in [3.8, 4) is 0 Å². The Hall–Kier alpha value is -1.59. The predicted octanol–water partition coefficient (Wildman–Crippen LogP) is 1.85. The molecule has 0 aromatic rings. The molecule has 0 amide bonds. The molecule has 0 aromatic carbocycles. The second-order valence-corrected chi connectivity index (χ2v) is 4.94. The molecule has 0 spiro atoms. The number of carbonyl (C=O) groups is 3. The molecule has 0 N–H and O–H groups in total. The first-order chi connectivity index (χ1) is 9.31. The molecule has 0 aliphatic heterocycles. The van der Waals surface area contributed by atoms with Gasteiger partial charge in [0.15, 0.2) is 0 Å². The van der Waals surface area contributed by atoms with E-state index in [1.807, 2.05) is 0 Å². The summed E-state index contributed by atoms with van der Waals surface area (Å²) in [6.45, 7) is 5.06. The molecule has 0 rings (SSSR count). The number of esters is 3. The van der Waals surface area contributed by atoms with Gasteiger partial charge in [0.25, 0.3) is 0 Å². The quantitative estimate of drug-likeness (QED) is 0.366. The Bertz CT molecular complexity index is 315. The summed E-state index contributed by atoms with van der Waals surface area (Å²) in [6.07, 6.45) is 2.26. The molecule has 0 radical (unpaired) electrons. The van der Waals surface area contributed by atoms with Crippen molar-refractivity contribution in [3.05, 3.63) is 0 Å². The van der Waals surface area contributed by atoms with Crippen LogP contribution in [0.5, 0.6) is 0 Å². The molecular weight excluding hydrogens is 264 g/mol. The van der Waals surface area contributed by atoms with Crippen LogP contribution in [0, 0.1) is 5.41 Å². The van der Waals surface area contributed by atoms with E-state index in [0.29, 0.717) is 25.7 Å². The Morgan fingerprint density at radius 2 is 1.30 bits per heavy atom. The topological polar surface area (TPSA) is 78.9 Å². The maximum atomic E-state index is 11.9. The van der Waals surface area contributed by atoms with Crippen molar-refractivity contribution in [2.75, 3.05) is 20.3 Å². The van der Waals surface area contributed by atoms with E-state index in [0.717, 1.165) is 0 Å². The van der Waals surface area contributed by atoms with Gasteiger partial charge in [0.2, 0.25) is 0 Å². The van der Waals surface area contributed by atoms with Crippen LogP contribution in [0.4, 0.5) is 0 Å². The zero-order chi connectivity index (χ0) is 15.6. The average molecular weight is 288 g/mol. The summed E-state index contributed by atoms with van der Waals surface area (Å²) in [4.78, 5) is 33.2. The summed E-state index contributed by atoms with van der Waals surface area (Å²) >= 11 is 0. The second-order valence-electron chi connectivity index (χ2n) is 4.94. The highest BCUT2D eigenvalue weighted by Gasteiger charge is 2.33. The number of methoxy groups -OCH3 is 1. The highest BCUT2D eigenvalue weighted by molar-refractivity contribution is 5.76. The van der Waals surface area contributed by atoms with Gasteiger partial charge in [-0.3, -0.25) is 14.4 Å². The fourth-order valence-electron chi connectivity index (χ4n) is 1.93. The monoisotopic (exact) mass is 288 g/mol. The molecule has 0 aliphatic rings. The van der Waals surface area contributed by atoms with Gasteiger partial charge in [0.1, 0.15) is 0 Å². The van der Waals surface area contributed by atoms with Crippen LogP contribution in [0.2, 0.25) is 0 Å². The van der Waals surface area contributed by atoms with Gasteiger partial charge in [-0.2, -0.15) is 0 Å². The SMILES string of the molecule is COC(=O)C(C)(CCCOC(C)=O)CCCOC(C)=O. The Labute approximate surface area is 119 Å². The van der Waals surface area contributed by atoms with E-state index in [1.54, 1.807) is 6.92 Å². The molecular formula is C14H24O6. The van der Waals surface area contributed by atoms with E-state index in [1.165, 1.54) is 21.0 Å². The lowest BCUT2D eigenvalue weighted by Gasteiger charge is -2.26. The smallest absolute Gasteiger partial charge is 0.311 e. The van der Waals surface area contributed by atoms with E-state index in [4.69, 9.17) is 14.2 Å². The molecule has 6 heteroatoms. The molecule has 0 aliphatic carbocycles. The number of hydrogen-bond donors (Lipinski definition) is 0. The highest BCUT2D eigenvalue weighted by Crippen LogP contribution is 2.30. The lowest BCUT2D eigenvalue weighted by atomic mass is 9.81. The zero-order valence-electron chi connectivity index (χ0n) is 12.7. The average Bonchev–Trinajstić information content (AvgIpc) is 2.38. The molecule has 0 aromatic heterocycles. The van der Waals surface area contributed by atoms with Crippen molar-refractivity contribution < 1.29 is 28.6 Å². The molecule has 0 bridgehead atoms. The molecule has 0 unspecified atom stereocenters. The minimum atomic E-state index is -0.658. The maximum absolute atomic E-state index is 11.9. The summed E-state index contributed by atoms with van der Waals surface area (Å²) in [5, 5.41) is 0. The predicted molar refractivity (Wildman–Crippen MR) is 71.9 cm³/mol. The van der Waals surface area contributed by atoms with Gasteiger partial charge in [0.05, 0.1) is 25.7 Å². The van der Waals surface area contributed by atoms with Gasteiger partial charge in [-0.15, -0.1) is 0 Å². The fraction of sp³-hybridized carbons (Fsp3) is 0.786. The van der Waals surface area contributed by atoms with Crippen LogP contribution in [0.25, 0.3) is 0 Å². The van der Waals surface area contributed by atoms with Crippen LogP contribution in [-0.4, -0.2) is 38.2 Å². The summed E-state index contributed by atoms with van der Waals surface area (Å²) in [5.41, 5.74) is -0.658. The molecule has 6 nitrogen and oxygen atoms in total. The van der Waals surface area contributed by atoms with Crippen molar-refractivity contribution in [2.24, 2.45) is 5.41 Å². The van der Waals surface area contributed by atoms with Crippen LogP contribution in [0.1, 0.15) is 46.5 Å². The molecule has 0 heterocycles. The number of rotatable bonds is 9. The maximum Gasteiger partial charge on any atom is 0.311 e. The normalized spacial score (nSPS) is 10.8. The first-order valence-corrected chi connectivity index (χ1v) is 6.67. The lowest BCUT2D eigenvalue weighted by molar-refractivity contribution is -0.153. The van der Waals surface area contributed by atoms with Crippen LogP contribution in [0.3, 0.4) is 0 Å². The van der Waals surface area contributed by atoms with E-state index >= 15 is 0 Å². The van der Waals surface area contributed by atoms with Gasteiger partial charge in [-0.05, 0) is 32.6 Å². The van der Waals surface area contributed by atoms with Gasteiger partial charge in [0, 0.05) is 13.8 Å². The van der Waals surface area contributed by atoms with Crippen LogP contribution < -0.4 is 0 Å². The Kier molecular flexibility index (Phi) is 8.59. The second kappa shape index (κ2) is 9.34. The van der Waals surface area contributed by atoms with E-state index in [9.17, 15) is 14.4 Å². The van der Waals surface area contributed by atoms with Crippen LogP contribution in [0.15, 0.2) is 0 Å². The van der Waals surface area contributed by atoms with Crippen molar-refractivity contribution in [1.29, 1.82) is 0 Å². The van der Waals surface area contributed by atoms with Gasteiger partial charge in [-0.1, -0.05) is 0 Å². The van der Waals surface area contributed by atoms with E-state index in [-0.39, 0.29) is 31.1 Å². The molecule has 0 atom stereocenters. The van der Waals surface area contributed by atoms with Crippen LogP contribution >= 0.6 is 0 Å². The molecule has 0 saturated heterocycles. The number of ether oxygens (including phenoxy) is 3. The van der Waals surface area contributed by atoms with Crippen molar-refractivity contribution in [3.63, 3.8) is 0 Å². The first kappa shape index (κ1) is 18.4. The summed E-state index contributed by atoms with van der Waals surface area (Å²) in [7, 11) is 1.35. The van der Waals surface area contributed by atoms with Gasteiger partial charge >= 0.3 is 17.9 Å². The minimum Gasteiger partial charge on any atom is -0.469 e. The minimum absolute atomic E-state index is 0.284. The van der Waals surface area contributed by atoms with Gasteiger partial charge in [-0.25, -0.2) is 0 Å². The Balaban J connectivity index is 4.25. The number of carbonyl (C=O) groups excluding carboxylic acids is 3.